The second-order valence-corrected chi connectivity index (χ2v) is 5.77. The number of anilines is 1. The maximum absolute atomic E-state index is 12.1. The molecule has 2 aromatic rings. The molecule has 0 aliphatic heterocycles. The van der Waals surface area contributed by atoms with Crippen LogP contribution in [0.3, 0.4) is 0 Å². The van der Waals surface area contributed by atoms with Gasteiger partial charge in [-0.2, -0.15) is 0 Å². The van der Waals surface area contributed by atoms with Gasteiger partial charge in [-0.25, -0.2) is 4.79 Å². The van der Waals surface area contributed by atoms with Gasteiger partial charge in [-0.15, -0.1) is 0 Å². The molecule has 0 fully saturated rings. The predicted molar refractivity (Wildman–Crippen MR) is 96.4 cm³/mol. The summed E-state index contributed by atoms with van der Waals surface area (Å²) in [5.41, 5.74) is 2.06. The van der Waals surface area contributed by atoms with Crippen LogP contribution in [0.4, 0.5) is 10.5 Å². The van der Waals surface area contributed by atoms with E-state index in [0.29, 0.717) is 5.75 Å². The molecule has 0 saturated heterocycles. The number of rotatable bonds is 7. The maximum atomic E-state index is 12.1. The Labute approximate surface area is 144 Å². The zero-order chi connectivity index (χ0) is 17.4. The van der Waals surface area contributed by atoms with E-state index in [1.807, 2.05) is 56.3 Å². The number of benzene rings is 2. The van der Waals surface area contributed by atoms with E-state index >= 15 is 0 Å². The summed E-state index contributed by atoms with van der Waals surface area (Å²) >= 11 is 0. The minimum atomic E-state index is -0.689. The molecule has 4 nitrogen and oxygen atoms in total. The van der Waals surface area contributed by atoms with E-state index in [0.717, 1.165) is 30.6 Å². The number of para-hydroxylation sites is 1. The van der Waals surface area contributed by atoms with E-state index < -0.39 is 12.4 Å². The molecule has 0 amide bonds. The van der Waals surface area contributed by atoms with Gasteiger partial charge in [0.25, 0.3) is 0 Å². The molecule has 0 heterocycles. The minimum absolute atomic E-state index is 0.406. The van der Waals surface area contributed by atoms with Crippen molar-refractivity contribution in [1.29, 1.82) is 0 Å². The van der Waals surface area contributed by atoms with E-state index in [4.69, 9.17) is 9.47 Å². The molecule has 0 bridgehead atoms. The number of unbranched alkanes of at least 4 members (excludes halogenated alkanes) is 1. The summed E-state index contributed by atoms with van der Waals surface area (Å²) in [5.74, 6) is 0.493. The van der Waals surface area contributed by atoms with Gasteiger partial charge in [0.15, 0.2) is 6.23 Å². The van der Waals surface area contributed by atoms with Crippen molar-refractivity contribution in [1.82, 2.24) is 0 Å². The molecule has 0 aliphatic carbocycles. The highest BCUT2D eigenvalue weighted by Gasteiger charge is 2.19. The smallest absolute Gasteiger partial charge is 0.410 e. The fraction of sp³-hybridized carbons (Fsp3) is 0.350. The highest BCUT2D eigenvalue weighted by molar-refractivity contribution is 5.64. The third kappa shape index (κ3) is 5.30. The summed E-state index contributed by atoms with van der Waals surface area (Å²) in [4.78, 5) is 14.1. The Morgan fingerprint density at radius 1 is 1.12 bits per heavy atom. The molecule has 2 rings (SSSR count). The largest absolute Gasteiger partial charge is 0.515 e. The maximum Gasteiger partial charge on any atom is 0.515 e. The summed E-state index contributed by atoms with van der Waals surface area (Å²) in [7, 11) is 0. The van der Waals surface area contributed by atoms with Gasteiger partial charge < -0.3 is 14.4 Å². The molecule has 0 saturated carbocycles. The van der Waals surface area contributed by atoms with Crippen LogP contribution in [-0.2, 0) is 4.74 Å². The van der Waals surface area contributed by atoms with E-state index in [1.54, 1.807) is 12.1 Å². The average Bonchev–Trinajstić information content (AvgIpc) is 2.56. The molecule has 128 valence electrons. The van der Waals surface area contributed by atoms with Gasteiger partial charge in [0.2, 0.25) is 0 Å². The van der Waals surface area contributed by atoms with Crippen molar-refractivity contribution in [3.63, 3.8) is 0 Å². The second-order valence-electron chi connectivity index (χ2n) is 5.77. The molecule has 24 heavy (non-hydrogen) atoms. The third-order valence-corrected chi connectivity index (χ3v) is 3.74. The number of aryl methyl sites for hydroxylation is 1. The zero-order valence-corrected chi connectivity index (χ0v) is 14.6. The number of ether oxygens (including phenoxy) is 2. The Hall–Kier alpha value is -2.49. The van der Waals surface area contributed by atoms with Crippen LogP contribution in [0, 0.1) is 6.92 Å². The highest BCUT2D eigenvalue weighted by atomic mass is 16.7. The Morgan fingerprint density at radius 3 is 2.54 bits per heavy atom. The number of nitrogens with zero attached hydrogens (tertiary/aromatic N) is 1. The number of hydrogen-bond donors (Lipinski definition) is 0. The van der Waals surface area contributed by atoms with Crippen LogP contribution in [0.5, 0.6) is 5.75 Å². The first-order chi connectivity index (χ1) is 11.6. The molecule has 0 spiro atoms. The molecule has 4 heteroatoms. The van der Waals surface area contributed by atoms with E-state index in [9.17, 15) is 4.79 Å². The molecule has 0 aliphatic rings. The Kier molecular flexibility index (Phi) is 6.67. The van der Waals surface area contributed by atoms with E-state index in [2.05, 4.69) is 11.8 Å². The van der Waals surface area contributed by atoms with E-state index in [1.165, 1.54) is 0 Å². The van der Waals surface area contributed by atoms with Crippen LogP contribution >= 0.6 is 0 Å². The summed E-state index contributed by atoms with van der Waals surface area (Å²) < 4.78 is 10.7. The Bertz CT molecular complexity index is 642. The van der Waals surface area contributed by atoms with Crippen LogP contribution in [-0.4, -0.2) is 18.9 Å². The van der Waals surface area contributed by atoms with Crippen LogP contribution in [0.15, 0.2) is 54.6 Å². The highest BCUT2D eigenvalue weighted by Crippen LogP contribution is 2.19. The van der Waals surface area contributed by atoms with Gasteiger partial charge in [-0.3, -0.25) is 0 Å². The Balaban J connectivity index is 2.01. The summed E-state index contributed by atoms with van der Waals surface area (Å²) in [5, 5.41) is 0. The van der Waals surface area contributed by atoms with Crippen molar-refractivity contribution in [2.75, 3.05) is 11.4 Å². The lowest BCUT2D eigenvalue weighted by Crippen LogP contribution is -2.38. The van der Waals surface area contributed by atoms with Crippen molar-refractivity contribution in [2.24, 2.45) is 0 Å². The summed E-state index contributed by atoms with van der Waals surface area (Å²) in [6.07, 6.45) is 1.00. The van der Waals surface area contributed by atoms with Crippen LogP contribution in [0.2, 0.25) is 0 Å². The molecule has 2 aromatic carbocycles. The van der Waals surface area contributed by atoms with Crippen LogP contribution in [0.25, 0.3) is 0 Å². The third-order valence-electron chi connectivity index (χ3n) is 3.74. The predicted octanol–water partition coefficient (Wildman–Crippen LogP) is 5.16. The van der Waals surface area contributed by atoms with Gasteiger partial charge in [-0.05, 0) is 50.1 Å². The summed E-state index contributed by atoms with van der Waals surface area (Å²) in [6, 6.07) is 17.3. The number of carbonyl (C=O) groups excluding carboxylic acids is 1. The van der Waals surface area contributed by atoms with Crippen molar-refractivity contribution in [3.05, 3.63) is 60.2 Å². The molecule has 1 atom stereocenters. The fourth-order valence-corrected chi connectivity index (χ4v) is 2.47. The topological polar surface area (TPSA) is 38.8 Å². The average molecular weight is 327 g/mol. The van der Waals surface area contributed by atoms with Gasteiger partial charge in [0.05, 0.1) is 0 Å². The van der Waals surface area contributed by atoms with Gasteiger partial charge in [0, 0.05) is 12.2 Å². The number of carbonyl (C=O) groups is 1. The molecule has 0 N–H and O–H groups in total. The minimum Gasteiger partial charge on any atom is -0.410 e. The fourth-order valence-electron chi connectivity index (χ4n) is 2.47. The van der Waals surface area contributed by atoms with Crippen molar-refractivity contribution >= 4 is 11.8 Å². The van der Waals surface area contributed by atoms with Gasteiger partial charge >= 0.3 is 6.16 Å². The zero-order valence-electron chi connectivity index (χ0n) is 14.6. The van der Waals surface area contributed by atoms with Gasteiger partial charge in [0.1, 0.15) is 5.75 Å². The molecule has 0 aromatic heterocycles. The van der Waals surface area contributed by atoms with Gasteiger partial charge in [-0.1, -0.05) is 43.7 Å². The first-order valence-corrected chi connectivity index (χ1v) is 8.37. The molecular formula is C20H25NO3. The lowest BCUT2D eigenvalue weighted by molar-refractivity contribution is 0.0640. The molecule has 1 unspecified atom stereocenters. The normalized spacial score (nSPS) is 11.6. The Morgan fingerprint density at radius 2 is 1.88 bits per heavy atom. The van der Waals surface area contributed by atoms with Crippen LogP contribution in [0.1, 0.15) is 32.3 Å². The van der Waals surface area contributed by atoms with Crippen LogP contribution < -0.4 is 9.64 Å². The standard InChI is InChI=1S/C20H25NO3/c1-4-5-14-21(18-11-7-6-8-12-18)17(3)23-20(22)24-19-13-9-10-16(2)15-19/h6-13,15,17H,4-5,14H2,1-3H3. The summed E-state index contributed by atoms with van der Waals surface area (Å²) in [6.45, 7) is 6.77. The molecule has 0 radical (unpaired) electrons. The lowest BCUT2D eigenvalue weighted by Gasteiger charge is -2.30. The van der Waals surface area contributed by atoms with Crippen molar-refractivity contribution < 1.29 is 14.3 Å². The first kappa shape index (κ1) is 17.9. The SMILES string of the molecule is CCCCN(c1ccccc1)C(C)OC(=O)Oc1cccc(C)c1. The second kappa shape index (κ2) is 8.96. The lowest BCUT2D eigenvalue weighted by atomic mass is 10.2. The van der Waals surface area contributed by atoms with E-state index in [-0.39, 0.29) is 0 Å². The quantitative estimate of drug-likeness (QED) is 0.400. The first-order valence-electron chi connectivity index (χ1n) is 8.37. The van der Waals surface area contributed by atoms with Crippen molar-refractivity contribution in [2.45, 2.75) is 39.8 Å². The molecular weight excluding hydrogens is 302 g/mol. The number of hydrogen-bond acceptors (Lipinski definition) is 4. The van der Waals surface area contributed by atoms with Crippen molar-refractivity contribution in [3.8, 4) is 5.75 Å². The monoisotopic (exact) mass is 327 g/mol.